The van der Waals surface area contributed by atoms with Crippen molar-refractivity contribution >= 4 is 33.4 Å². The Labute approximate surface area is 125 Å². The minimum Gasteiger partial charge on any atom is -0.399 e. The monoisotopic (exact) mass is 341 g/mol. The van der Waals surface area contributed by atoms with E-state index in [0.29, 0.717) is 17.5 Å². The SMILES string of the molecule is CC(C)CSCc1noc(-c2cc(N)cc(Br)c2)n1. The van der Waals surface area contributed by atoms with Crippen LogP contribution in [0.5, 0.6) is 0 Å². The van der Waals surface area contributed by atoms with Gasteiger partial charge < -0.3 is 10.3 Å². The molecule has 0 unspecified atom stereocenters. The summed E-state index contributed by atoms with van der Waals surface area (Å²) in [6, 6.07) is 5.57. The highest BCUT2D eigenvalue weighted by Gasteiger charge is 2.10. The topological polar surface area (TPSA) is 64.9 Å². The van der Waals surface area contributed by atoms with Crippen LogP contribution in [-0.4, -0.2) is 15.9 Å². The predicted octanol–water partition coefficient (Wildman–Crippen LogP) is 3.97. The number of hydrogen-bond donors (Lipinski definition) is 1. The van der Waals surface area contributed by atoms with Crippen molar-refractivity contribution in [2.24, 2.45) is 5.92 Å². The molecule has 4 nitrogen and oxygen atoms in total. The molecule has 0 bridgehead atoms. The maximum absolute atomic E-state index is 5.79. The lowest BCUT2D eigenvalue weighted by Gasteiger charge is -2.00. The van der Waals surface area contributed by atoms with Gasteiger partial charge in [-0.25, -0.2) is 0 Å². The summed E-state index contributed by atoms with van der Waals surface area (Å²) < 4.78 is 6.17. The summed E-state index contributed by atoms with van der Waals surface area (Å²) in [4.78, 5) is 4.38. The molecule has 0 spiro atoms. The Morgan fingerprint density at radius 2 is 2.16 bits per heavy atom. The van der Waals surface area contributed by atoms with E-state index in [1.165, 1.54) is 0 Å². The van der Waals surface area contributed by atoms with Crippen molar-refractivity contribution in [3.63, 3.8) is 0 Å². The number of nitrogen functional groups attached to an aromatic ring is 1. The molecule has 0 radical (unpaired) electrons. The molecule has 2 aromatic rings. The smallest absolute Gasteiger partial charge is 0.258 e. The average molecular weight is 342 g/mol. The fourth-order valence-corrected chi connectivity index (χ4v) is 2.95. The zero-order chi connectivity index (χ0) is 13.8. The molecule has 0 saturated carbocycles. The van der Waals surface area contributed by atoms with Gasteiger partial charge in [-0.3, -0.25) is 0 Å². The largest absolute Gasteiger partial charge is 0.399 e. The van der Waals surface area contributed by atoms with Crippen LogP contribution in [0.25, 0.3) is 11.5 Å². The molecule has 0 aliphatic heterocycles. The maximum atomic E-state index is 5.79. The molecule has 0 aliphatic rings. The number of nitrogens with two attached hydrogens (primary N) is 1. The highest BCUT2D eigenvalue weighted by atomic mass is 79.9. The summed E-state index contributed by atoms with van der Waals surface area (Å²) in [5, 5.41) is 3.99. The van der Waals surface area contributed by atoms with E-state index < -0.39 is 0 Å². The Morgan fingerprint density at radius 1 is 1.37 bits per heavy atom. The molecular formula is C13H16BrN3OS. The molecule has 2 N–H and O–H groups in total. The molecule has 102 valence electrons. The fraction of sp³-hybridized carbons (Fsp3) is 0.385. The van der Waals surface area contributed by atoms with Crippen molar-refractivity contribution in [1.82, 2.24) is 10.1 Å². The highest BCUT2D eigenvalue weighted by Crippen LogP contribution is 2.25. The molecule has 0 saturated heterocycles. The van der Waals surface area contributed by atoms with Crippen molar-refractivity contribution in [1.29, 1.82) is 0 Å². The molecule has 0 amide bonds. The number of aromatic nitrogens is 2. The average Bonchev–Trinajstić information content (AvgIpc) is 2.76. The molecule has 2 rings (SSSR count). The molecule has 1 aromatic carbocycles. The zero-order valence-corrected chi connectivity index (χ0v) is 13.3. The van der Waals surface area contributed by atoms with Gasteiger partial charge in [0.1, 0.15) is 0 Å². The summed E-state index contributed by atoms with van der Waals surface area (Å²) in [5.41, 5.74) is 7.29. The lowest BCUT2D eigenvalue weighted by Crippen LogP contribution is -1.92. The lowest BCUT2D eigenvalue weighted by atomic mass is 10.2. The second kappa shape index (κ2) is 6.43. The van der Waals surface area contributed by atoms with Crippen molar-refractivity contribution in [3.8, 4) is 11.5 Å². The van der Waals surface area contributed by atoms with Crippen LogP contribution in [0.1, 0.15) is 19.7 Å². The van der Waals surface area contributed by atoms with E-state index in [4.69, 9.17) is 10.3 Å². The van der Waals surface area contributed by atoms with Crippen LogP contribution >= 0.6 is 27.7 Å². The fourth-order valence-electron chi connectivity index (χ4n) is 1.55. The summed E-state index contributed by atoms with van der Waals surface area (Å²) in [6.45, 7) is 4.39. The quantitative estimate of drug-likeness (QED) is 0.833. The van der Waals surface area contributed by atoms with Crippen LogP contribution in [0, 0.1) is 5.92 Å². The second-order valence-electron chi connectivity index (χ2n) is 4.70. The van der Waals surface area contributed by atoms with E-state index >= 15 is 0 Å². The number of thioether (sulfide) groups is 1. The van der Waals surface area contributed by atoms with Gasteiger partial charge in [0, 0.05) is 15.7 Å². The van der Waals surface area contributed by atoms with Gasteiger partial charge in [-0.1, -0.05) is 34.9 Å². The number of rotatable bonds is 5. The molecular weight excluding hydrogens is 326 g/mol. The Balaban J connectivity index is 2.07. The molecule has 6 heteroatoms. The number of halogens is 1. The Kier molecular flexibility index (Phi) is 4.87. The lowest BCUT2D eigenvalue weighted by molar-refractivity contribution is 0.425. The molecule has 19 heavy (non-hydrogen) atoms. The first-order valence-electron chi connectivity index (χ1n) is 6.01. The van der Waals surface area contributed by atoms with Crippen LogP contribution in [0.15, 0.2) is 27.2 Å². The third kappa shape index (κ3) is 4.24. The third-order valence-electron chi connectivity index (χ3n) is 2.32. The number of hydrogen-bond acceptors (Lipinski definition) is 5. The first-order chi connectivity index (χ1) is 9.04. The number of nitrogens with zero attached hydrogens (tertiary/aromatic N) is 2. The van der Waals surface area contributed by atoms with Gasteiger partial charge in [0.05, 0.1) is 5.75 Å². The summed E-state index contributed by atoms with van der Waals surface area (Å²) in [5.74, 6) is 3.76. The maximum Gasteiger partial charge on any atom is 0.258 e. The first kappa shape index (κ1) is 14.4. The van der Waals surface area contributed by atoms with Crippen molar-refractivity contribution < 1.29 is 4.52 Å². The molecule has 0 atom stereocenters. The second-order valence-corrected chi connectivity index (χ2v) is 6.64. The van der Waals surface area contributed by atoms with Gasteiger partial charge in [-0.2, -0.15) is 16.7 Å². The Bertz CT molecular complexity index is 536. The van der Waals surface area contributed by atoms with E-state index in [1.807, 2.05) is 30.0 Å². The number of anilines is 1. The minimum absolute atomic E-state index is 0.508. The minimum atomic E-state index is 0.508. The highest BCUT2D eigenvalue weighted by molar-refractivity contribution is 9.10. The molecule has 0 fully saturated rings. The molecule has 1 heterocycles. The number of benzene rings is 1. The van der Waals surface area contributed by atoms with Crippen LogP contribution < -0.4 is 5.73 Å². The van der Waals surface area contributed by atoms with Gasteiger partial charge in [0.25, 0.3) is 5.89 Å². The van der Waals surface area contributed by atoms with Gasteiger partial charge in [-0.05, 0) is 29.9 Å². The van der Waals surface area contributed by atoms with Gasteiger partial charge in [-0.15, -0.1) is 0 Å². The molecule has 1 aromatic heterocycles. The Morgan fingerprint density at radius 3 is 2.84 bits per heavy atom. The summed E-state index contributed by atoms with van der Waals surface area (Å²) in [7, 11) is 0. The summed E-state index contributed by atoms with van der Waals surface area (Å²) >= 11 is 5.21. The zero-order valence-electron chi connectivity index (χ0n) is 10.9. The van der Waals surface area contributed by atoms with Crippen molar-refractivity contribution in [3.05, 3.63) is 28.5 Å². The van der Waals surface area contributed by atoms with E-state index in [9.17, 15) is 0 Å². The molecule has 0 aliphatic carbocycles. The van der Waals surface area contributed by atoms with Gasteiger partial charge >= 0.3 is 0 Å². The van der Waals surface area contributed by atoms with E-state index in [-0.39, 0.29) is 0 Å². The van der Waals surface area contributed by atoms with Crippen molar-refractivity contribution in [2.45, 2.75) is 19.6 Å². The van der Waals surface area contributed by atoms with Crippen LogP contribution in [0.4, 0.5) is 5.69 Å². The van der Waals surface area contributed by atoms with Gasteiger partial charge in [0.2, 0.25) is 0 Å². The Hall–Kier alpha value is -1.01. The third-order valence-corrected chi connectivity index (χ3v) is 4.14. The van der Waals surface area contributed by atoms with Crippen LogP contribution in [-0.2, 0) is 5.75 Å². The first-order valence-corrected chi connectivity index (χ1v) is 7.96. The normalized spacial score (nSPS) is 11.2. The van der Waals surface area contributed by atoms with Crippen molar-refractivity contribution in [2.75, 3.05) is 11.5 Å². The van der Waals surface area contributed by atoms with E-state index in [2.05, 4.69) is 39.9 Å². The summed E-state index contributed by atoms with van der Waals surface area (Å²) in [6.07, 6.45) is 0. The standard InChI is InChI=1S/C13H16BrN3OS/c1-8(2)6-19-7-12-16-13(18-17-12)9-3-10(14)5-11(15)4-9/h3-5,8H,6-7,15H2,1-2H3. The predicted molar refractivity (Wildman–Crippen MR) is 82.8 cm³/mol. The van der Waals surface area contributed by atoms with Crippen LogP contribution in [0.2, 0.25) is 0 Å². The van der Waals surface area contributed by atoms with E-state index in [1.54, 1.807) is 0 Å². The van der Waals surface area contributed by atoms with E-state index in [0.717, 1.165) is 27.4 Å². The van der Waals surface area contributed by atoms with Gasteiger partial charge in [0.15, 0.2) is 5.82 Å². The van der Waals surface area contributed by atoms with Crippen LogP contribution in [0.3, 0.4) is 0 Å².